The molecule has 0 aliphatic heterocycles. The van der Waals surface area contributed by atoms with Gasteiger partial charge in [0.25, 0.3) is 5.91 Å². The van der Waals surface area contributed by atoms with Crippen LogP contribution in [0.15, 0.2) is 41.0 Å². The monoisotopic (exact) mass is 319 g/mol. The predicted octanol–water partition coefficient (Wildman–Crippen LogP) is 1.93. The van der Waals surface area contributed by atoms with E-state index >= 15 is 0 Å². The van der Waals surface area contributed by atoms with Crippen molar-refractivity contribution in [2.45, 2.75) is 6.54 Å². The second-order valence-corrected chi connectivity index (χ2v) is 4.64. The average molecular weight is 319 g/mol. The van der Waals surface area contributed by atoms with Gasteiger partial charge >= 0.3 is 5.97 Å². The normalized spacial score (nSPS) is 10.3. The number of para-hydroxylation sites is 1. The van der Waals surface area contributed by atoms with Crippen LogP contribution in [0.4, 0.5) is 0 Å². The molecule has 1 aromatic heterocycles. The van der Waals surface area contributed by atoms with Gasteiger partial charge in [-0.1, -0.05) is 18.2 Å². The summed E-state index contributed by atoms with van der Waals surface area (Å²) in [5.74, 6) is -1.05. The lowest BCUT2D eigenvalue weighted by Gasteiger charge is -2.11. The molecule has 0 fully saturated rings. The average Bonchev–Trinajstić information content (AvgIpc) is 3.04. The molecule has 0 atom stereocenters. The molecule has 2 aromatic rings. The predicted molar refractivity (Wildman–Crippen MR) is 80.7 cm³/mol. The zero-order valence-electron chi connectivity index (χ0n) is 12.6. The molecule has 0 aliphatic carbocycles. The smallest absolute Gasteiger partial charge is 0.338 e. The van der Waals surface area contributed by atoms with E-state index in [0.29, 0.717) is 19.0 Å². The van der Waals surface area contributed by atoms with Crippen molar-refractivity contribution in [2.24, 2.45) is 0 Å². The minimum atomic E-state index is -1.15. The van der Waals surface area contributed by atoms with Crippen molar-refractivity contribution in [1.82, 2.24) is 5.32 Å². The standard InChI is InChI=1S/C16H17NO6/c1-21-6-7-22-13-5-3-2-4-11(13)9-17-15(18)14-8-12(10-23-14)16(19)20/h2-5,8,10H,6-7,9H2,1H3,(H,17,18)(H,19,20). The minimum absolute atomic E-state index is 0.0554. The minimum Gasteiger partial charge on any atom is -0.491 e. The van der Waals surface area contributed by atoms with Crippen molar-refractivity contribution in [1.29, 1.82) is 0 Å². The molecule has 0 radical (unpaired) electrons. The fourth-order valence-electron chi connectivity index (χ4n) is 1.86. The third-order valence-corrected chi connectivity index (χ3v) is 3.03. The number of furan rings is 1. The molecule has 0 saturated carbocycles. The van der Waals surface area contributed by atoms with Gasteiger partial charge in [0.15, 0.2) is 5.76 Å². The SMILES string of the molecule is COCCOc1ccccc1CNC(=O)c1cc(C(=O)O)co1. The summed E-state index contributed by atoms with van der Waals surface area (Å²) in [6.45, 7) is 1.10. The molecule has 1 amide bonds. The van der Waals surface area contributed by atoms with E-state index in [1.165, 1.54) is 6.07 Å². The summed E-state index contributed by atoms with van der Waals surface area (Å²) in [6.07, 6.45) is 1.03. The van der Waals surface area contributed by atoms with Crippen LogP contribution in [0.25, 0.3) is 0 Å². The van der Waals surface area contributed by atoms with E-state index in [1.807, 2.05) is 18.2 Å². The molecule has 0 saturated heterocycles. The zero-order valence-corrected chi connectivity index (χ0v) is 12.6. The number of carboxylic acids is 1. The molecule has 2 rings (SSSR count). The summed E-state index contributed by atoms with van der Waals surface area (Å²) in [4.78, 5) is 22.7. The molecule has 0 unspecified atom stereocenters. The molecule has 122 valence electrons. The van der Waals surface area contributed by atoms with E-state index in [9.17, 15) is 9.59 Å². The van der Waals surface area contributed by atoms with Crippen LogP contribution in [-0.4, -0.2) is 37.3 Å². The van der Waals surface area contributed by atoms with Crippen molar-refractivity contribution in [2.75, 3.05) is 20.3 Å². The second kappa shape index (κ2) is 8.00. The largest absolute Gasteiger partial charge is 0.491 e. The Hall–Kier alpha value is -2.80. The van der Waals surface area contributed by atoms with Gasteiger partial charge in [0, 0.05) is 25.3 Å². The molecular weight excluding hydrogens is 302 g/mol. The number of ether oxygens (including phenoxy) is 2. The Morgan fingerprint density at radius 2 is 2.04 bits per heavy atom. The fraction of sp³-hybridized carbons (Fsp3) is 0.250. The molecule has 7 heteroatoms. The Bertz CT molecular complexity index is 679. The highest BCUT2D eigenvalue weighted by Crippen LogP contribution is 2.18. The molecule has 0 aliphatic rings. The third kappa shape index (κ3) is 4.58. The Morgan fingerprint density at radius 3 is 2.74 bits per heavy atom. The van der Waals surface area contributed by atoms with E-state index in [2.05, 4.69) is 5.32 Å². The first-order chi connectivity index (χ1) is 11.1. The fourth-order valence-corrected chi connectivity index (χ4v) is 1.86. The van der Waals surface area contributed by atoms with Crippen LogP contribution in [0.3, 0.4) is 0 Å². The maximum Gasteiger partial charge on any atom is 0.338 e. The lowest BCUT2D eigenvalue weighted by Crippen LogP contribution is -2.22. The van der Waals surface area contributed by atoms with Gasteiger partial charge in [-0.05, 0) is 6.07 Å². The highest BCUT2D eigenvalue weighted by molar-refractivity contribution is 5.95. The summed E-state index contributed by atoms with van der Waals surface area (Å²) in [7, 11) is 1.59. The summed E-state index contributed by atoms with van der Waals surface area (Å²) < 4.78 is 15.4. The van der Waals surface area contributed by atoms with Gasteiger partial charge in [-0.25, -0.2) is 4.79 Å². The van der Waals surface area contributed by atoms with E-state index in [1.54, 1.807) is 13.2 Å². The number of carbonyl (C=O) groups excluding carboxylic acids is 1. The third-order valence-electron chi connectivity index (χ3n) is 3.03. The second-order valence-electron chi connectivity index (χ2n) is 4.64. The highest BCUT2D eigenvalue weighted by atomic mass is 16.5. The molecule has 1 aromatic carbocycles. The maximum atomic E-state index is 12.0. The lowest BCUT2D eigenvalue weighted by molar-refractivity contribution is 0.0696. The number of benzene rings is 1. The van der Waals surface area contributed by atoms with E-state index in [0.717, 1.165) is 11.8 Å². The molecule has 2 N–H and O–H groups in total. The number of nitrogens with one attached hydrogen (secondary N) is 1. The van der Waals surface area contributed by atoms with Gasteiger partial charge in [0.2, 0.25) is 0 Å². The van der Waals surface area contributed by atoms with Crippen molar-refractivity contribution in [3.05, 3.63) is 53.5 Å². The number of rotatable bonds is 8. The van der Waals surface area contributed by atoms with Crippen LogP contribution in [0, 0.1) is 0 Å². The first kappa shape index (κ1) is 16.6. The highest BCUT2D eigenvalue weighted by Gasteiger charge is 2.15. The van der Waals surface area contributed by atoms with Crippen molar-refractivity contribution in [3.8, 4) is 5.75 Å². The van der Waals surface area contributed by atoms with Gasteiger partial charge in [-0.2, -0.15) is 0 Å². The summed E-state index contributed by atoms with van der Waals surface area (Å²) >= 11 is 0. The van der Waals surface area contributed by atoms with Crippen LogP contribution >= 0.6 is 0 Å². The number of aromatic carboxylic acids is 1. The lowest BCUT2D eigenvalue weighted by atomic mass is 10.2. The van der Waals surface area contributed by atoms with Crippen LogP contribution in [0.1, 0.15) is 26.5 Å². The maximum absolute atomic E-state index is 12.0. The molecule has 1 heterocycles. The molecular formula is C16H17NO6. The summed E-state index contributed by atoms with van der Waals surface area (Å²) in [5.41, 5.74) is 0.723. The number of carboxylic acid groups (broad SMARTS) is 1. The Kier molecular flexibility index (Phi) is 5.76. The van der Waals surface area contributed by atoms with Crippen molar-refractivity contribution >= 4 is 11.9 Å². The quantitative estimate of drug-likeness (QED) is 0.722. The molecule has 0 bridgehead atoms. The number of carbonyl (C=O) groups is 2. The Balaban J connectivity index is 1.96. The summed E-state index contributed by atoms with van der Waals surface area (Å²) in [6, 6.07) is 8.47. The van der Waals surface area contributed by atoms with Crippen molar-refractivity contribution < 1.29 is 28.6 Å². The number of hydrogen-bond acceptors (Lipinski definition) is 5. The van der Waals surface area contributed by atoms with Gasteiger partial charge in [-0.15, -0.1) is 0 Å². The topological polar surface area (TPSA) is 98.0 Å². The number of amides is 1. The van der Waals surface area contributed by atoms with E-state index < -0.39 is 11.9 Å². The molecule has 7 nitrogen and oxygen atoms in total. The number of methoxy groups -OCH3 is 1. The first-order valence-electron chi connectivity index (χ1n) is 6.91. The molecule has 0 spiro atoms. The van der Waals surface area contributed by atoms with Gasteiger partial charge in [0.05, 0.1) is 12.2 Å². The van der Waals surface area contributed by atoms with E-state index in [4.69, 9.17) is 19.0 Å². The number of hydrogen-bond donors (Lipinski definition) is 2. The van der Waals surface area contributed by atoms with Crippen molar-refractivity contribution in [3.63, 3.8) is 0 Å². The first-order valence-corrected chi connectivity index (χ1v) is 6.91. The van der Waals surface area contributed by atoms with Gasteiger partial charge < -0.3 is 24.3 Å². The Morgan fingerprint density at radius 1 is 1.26 bits per heavy atom. The zero-order chi connectivity index (χ0) is 16.7. The Labute approximate surface area is 132 Å². The van der Waals surface area contributed by atoms with Crippen LogP contribution < -0.4 is 10.1 Å². The van der Waals surface area contributed by atoms with Gasteiger partial charge in [-0.3, -0.25) is 4.79 Å². The van der Waals surface area contributed by atoms with E-state index in [-0.39, 0.29) is 17.9 Å². The van der Waals surface area contributed by atoms with Crippen LogP contribution in [0.5, 0.6) is 5.75 Å². The van der Waals surface area contributed by atoms with Crippen LogP contribution in [-0.2, 0) is 11.3 Å². The van der Waals surface area contributed by atoms with Crippen LogP contribution in [0.2, 0.25) is 0 Å². The van der Waals surface area contributed by atoms with Gasteiger partial charge in [0.1, 0.15) is 18.6 Å². The summed E-state index contributed by atoms with van der Waals surface area (Å²) in [5, 5.41) is 11.5. The molecule has 23 heavy (non-hydrogen) atoms.